The van der Waals surface area contributed by atoms with Crippen LogP contribution >= 0.6 is 0 Å². The standard InChI is InChI=1S/C14H16O4/c1-17-13-10-5-3-4-6-12(15)9(10)7-8-11(13)14(16)18-2/h6-8,15H,3-5H2,1-2H3. The molecule has 1 aromatic rings. The fraction of sp³-hybridized carbons (Fsp3) is 0.357. The Labute approximate surface area is 106 Å². The van der Waals surface area contributed by atoms with Crippen LogP contribution in [0.4, 0.5) is 0 Å². The maximum Gasteiger partial charge on any atom is 0.341 e. The van der Waals surface area contributed by atoms with E-state index in [2.05, 4.69) is 0 Å². The molecule has 1 N–H and O–H groups in total. The normalized spacial score (nSPS) is 14.2. The van der Waals surface area contributed by atoms with Gasteiger partial charge in [-0.3, -0.25) is 0 Å². The zero-order chi connectivity index (χ0) is 13.1. The molecule has 0 saturated carbocycles. The van der Waals surface area contributed by atoms with Gasteiger partial charge >= 0.3 is 5.97 Å². The molecule has 2 rings (SSSR count). The minimum Gasteiger partial charge on any atom is -0.508 e. The van der Waals surface area contributed by atoms with Crippen LogP contribution in [0.5, 0.6) is 5.75 Å². The molecule has 0 aromatic heterocycles. The second-order valence-corrected chi connectivity index (χ2v) is 4.15. The van der Waals surface area contributed by atoms with Gasteiger partial charge in [-0.05, 0) is 37.5 Å². The van der Waals surface area contributed by atoms with E-state index in [4.69, 9.17) is 9.47 Å². The lowest BCUT2D eigenvalue weighted by Crippen LogP contribution is -2.08. The second-order valence-electron chi connectivity index (χ2n) is 4.15. The van der Waals surface area contributed by atoms with Crippen molar-refractivity contribution in [3.63, 3.8) is 0 Å². The number of aliphatic hydroxyl groups is 1. The minimum absolute atomic E-state index is 0.247. The Balaban J connectivity index is 2.61. The zero-order valence-electron chi connectivity index (χ0n) is 10.5. The third-order valence-electron chi connectivity index (χ3n) is 3.11. The molecule has 0 fully saturated rings. The first-order valence-electron chi connectivity index (χ1n) is 5.86. The zero-order valence-corrected chi connectivity index (χ0v) is 10.5. The first-order valence-corrected chi connectivity index (χ1v) is 5.86. The largest absolute Gasteiger partial charge is 0.508 e. The van der Waals surface area contributed by atoms with E-state index >= 15 is 0 Å². The van der Waals surface area contributed by atoms with Crippen molar-refractivity contribution in [3.05, 3.63) is 34.9 Å². The monoisotopic (exact) mass is 248 g/mol. The average Bonchev–Trinajstić information content (AvgIpc) is 2.59. The Kier molecular flexibility index (Phi) is 3.55. The van der Waals surface area contributed by atoms with Crippen molar-refractivity contribution in [1.82, 2.24) is 0 Å². The van der Waals surface area contributed by atoms with Gasteiger partial charge in [0.15, 0.2) is 0 Å². The number of allylic oxidation sites excluding steroid dienone is 1. The van der Waals surface area contributed by atoms with E-state index in [-0.39, 0.29) is 5.76 Å². The molecule has 0 spiro atoms. The van der Waals surface area contributed by atoms with Crippen molar-refractivity contribution >= 4 is 11.7 Å². The van der Waals surface area contributed by atoms with Crippen LogP contribution in [0.25, 0.3) is 5.76 Å². The molecule has 4 heteroatoms. The molecule has 4 nitrogen and oxygen atoms in total. The van der Waals surface area contributed by atoms with Crippen molar-refractivity contribution in [2.24, 2.45) is 0 Å². The van der Waals surface area contributed by atoms with Crippen molar-refractivity contribution < 1.29 is 19.4 Å². The molecule has 0 unspecified atom stereocenters. The molecule has 0 saturated heterocycles. The van der Waals surface area contributed by atoms with E-state index < -0.39 is 5.97 Å². The van der Waals surface area contributed by atoms with Crippen LogP contribution in [0.1, 0.15) is 34.3 Å². The summed E-state index contributed by atoms with van der Waals surface area (Å²) >= 11 is 0. The smallest absolute Gasteiger partial charge is 0.341 e. The molecule has 0 aliphatic heterocycles. The summed E-state index contributed by atoms with van der Waals surface area (Å²) in [4.78, 5) is 11.7. The lowest BCUT2D eigenvalue weighted by Gasteiger charge is -2.15. The SMILES string of the molecule is COC(=O)c1ccc2c(c1OC)CCCC=C2O. The number of hydrogen-bond acceptors (Lipinski definition) is 4. The van der Waals surface area contributed by atoms with Crippen LogP contribution in [0.15, 0.2) is 18.2 Å². The van der Waals surface area contributed by atoms with Gasteiger partial charge < -0.3 is 14.6 Å². The average molecular weight is 248 g/mol. The van der Waals surface area contributed by atoms with Crippen LogP contribution in [-0.4, -0.2) is 25.3 Å². The number of benzene rings is 1. The molecule has 0 atom stereocenters. The summed E-state index contributed by atoms with van der Waals surface area (Å²) in [5, 5.41) is 9.94. The van der Waals surface area contributed by atoms with Gasteiger partial charge in [-0.1, -0.05) is 0 Å². The number of esters is 1. The van der Waals surface area contributed by atoms with Gasteiger partial charge in [0.1, 0.15) is 17.1 Å². The predicted molar refractivity (Wildman–Crippen MR) is 67.9 cm³/mol. The van der Waals surface area contributed by atoms with E-state index in [0.29, 0.717) is 11.3 Å². The lowest BCUT2D eigenvalue weighted by molar-refractivity contribution is 0.0597. The van der Waals surface area contributed by atoms with Gasteiger partial charge in [0.25, 0.3) is 0 Å². The Bertz CT molecular complexity index is 503. The van der Waals surface area contributed by atoms with Gasteiger partial charge in [0.05, 0.1) is 14.2 Å². The lowest BCUT2D eigenvalue weighted by atomic mass is 9.98. The molecule has 0 bridgehead atoms. The molecule has 18 heavy (non-hydrogen) atoms. The maximum atomic E-state index is 11.7. The Morgan fingerprint density at radius 1 is 1.33 bits per heavy atom. The van der Waals surface area contributed by atoms with Gasteiger partial charge in [-0.2, -0.15) is 0 Å². The molecule has 0 radical (unpaired) electrons. The van der Waals surface area contributed by atoms with E-state index in [0.717, 1.165) is 30.4 Å². The molecule has 96 valence electrons. The third kappa shape index (κ3) is 2.06. The number of rotatable bonds is 2. The molecule has 0 heterocycles. The highest BCUT2D eigenvalue weighted by molar-refractivity contribution is 5.94. The summed E-state index contributed by atoms with van der Waals surface area (Å²) in [6.45, 7) is 0. The predicted octanol–water partition coefficient (Wildman–Crippen LogP) is 2.72. The molecular formula is C14H16O4. The van der Waals surface area contributed by atoms with Crippen LogP contribution < -0.4 is 4.74 Å². The Morgan fingerprint density at radius 2 is 2.11 bits per heavy atom. The Morgan fingerprint density at radius 3 is 2.78 bits per heavy atom. The highest BCUT2D eigenvalue weighted by atomic mass is 16.5. The number of methoxy groups -OCH3 is 2. The van der Waals surface area contributed by atoms with E-state index in [1.54, 1.807) is 18.2 Å². The van der Waals surface area contributed by atoms with E-state index in [9.17, 15) is 9.90 Å². The number of aliphatic hydroxyl groups excluding tert-OH is 1. The first-order chi connectivity index (χ1) is 8.69. The van der Waals surface area contributed by atoms with Crippen molar-refractivity contribution in [2.45, 2.75) is 19.3 Å². The first kappa shape index (κ1) is 12.5. The quantitative estimate of drug-likeness (QED) is 0.817. The summed E-state index contributed by atoms with van der Waals surface area (Å²) < 4.78 is 10.1. The van der Waals surface area contributed by atoms with E-state index in [1.165, 1.54) is 14.2 Å². The minimum atomic E-state index is -0.428. The number of fused-ring (bicyclic) bond motifs is 1. The van der Waals surface area contributed by atoms with Crippen molar-refractivity contribution in [3.8, 4) is 5.75 Å². The fourth-order valence-corrected chi connectivity index (χ4v) is 2.25. The summed E-state index contributed by atoms with van der Waals surface area (Å²) in [5.41, 5.74) is 2.00. The summed E-state index contributed by atoms with van der Waals surface area (Å²) in [7, 11) is 2.86. The second kappa shape index (κ2) is 5.12. The maximum absolute atomic E-state index is 11.7. The number of ether oxygens (including phenoxy) is 2. The molecule has 1 aliphatic rings. The number of carbonyl (C=O) groups excluding carboxylic acids is 1. The third-order valence-corrected chi connectivity index (χ3v) is 3.11. The molecule has 0 amide bonds. The van der Waals surface area contributed by atoms with Crippen molar-refractivity contribution in [1.29, 1.82) is 0 Å². The highest BCUT2D eigenvalue weighted by Gasteiger charge is 2.21. The van der Waals surface area contributed by atoms with Gasteiger partial charge in [-0.25, -0.2) is 4.79 Å². The van der Waals surface area contributed by atoms with E-state index in [1.807, 2.05) is 0 Å². The van der Waals surface area contributed by atoms with Crippen LogP contribution in [0.2, 0.25) is 0 Å². The summed E-state index contributed by atoms with van der Waals surface area (Å²) in [5.74, 6) is 0.320. The highest BCUT2D eigenvalue weighted by Crippen LogP contribution is 2.34. The van der Waals surface area contributed by atoms with Crippen LogP contribution in [0, 0.1) is 0 Å². The Hall–Kier alpha value is -1.97. The molecule has 1 aliphatic carbocycles. The van der Waals surface area contributed by atoms with Crippen molar-refractivity contribution in [2.75, 3.05) is 14.2 Å². The van der Waals surface area contributed by atoms with Gasteiger partial charge in [-0.15, -0.1) is 0 Å². The topological polar surface area (TPSA) is 55.8 Å². The molecule has 1 aromatic carbocycles. The van der Waals surface area contributed by atoms with Crippen LogP contribution in [0.3, 0.4) is 0 Å². The van der Waals surface area contributed by atoms with Crippen LogP contribution in [-0.2, 0) is 11.2 Å². The summed E-state index contributed by atoms with van der Waals surface area (Å²) in [6.07, 6.45) is 4.29. The van der Waals surface area contributed by atoms with Gasteiger partial charge in [0, 0.05) is 11.1 Å². The molecular weight excluding hydrogens is 232 g/mol. The number of carbonyl (C=O) groups is 1. The fourth-order valence-electron chi connectivity index (χ4n) is 2.25. The van der Waals surface area contributed by atoms with Gasteiger partial charge in [0.2, 0.25) is 0 Å². The summed E-state index contributed by atoms with van der Waals surface area (Å²) in [6, 6.07) is 3.36. The number of hydrogen-bond donors (Lipinski definition) is 1.